The first-order chi connectivity index (χ1) is 9.25. The van der Waals surface area contributed by atoms with Crippen LogP contribution in [0.5, 0.6) is 0 Å². The van der Waals surface area contributed by atoms with Gasteiger partial charge in [0.05, 0.1) is 0 Å². The average Bonchev–Trinajstić information content (AvgIpc) is 3.26. The predicted octanol–water partition coefficient (Wildman–Crippen LogP) is 1.38. The normalized spacial score (nSPS) is 25.0. The van der Waals surface area contributed by atoms with Crippen LogP contribution in [-0.4, -0.2) is 28.7 Å². The summed E-state index contributed by atoms with van der Waals surface area (Å²) in [5.74, 6) is 1.08. The van der Waals surface area contributed by atoms with E-state index in [-0.39, 0.29) is 11.6 Å². The zero-order valence-electron chi connectivity index (χ0n) is 11.4. The molecule has 2 N–H and O–H groups in total. The Morgan fingerprint density at radius 3 is 3.00 bits per heavy atom. The second-order valence-corrected chi connectivity index (χ2v) is 5.76. The van der Waals surface area contributed by atoms with Crippen LogP contribution in [0.3, 0.4) is 0 Å². The molecular weight excluding hydrogens is 240 g/mol. The van der Waals surface area contributed by atoms with Crippen molar-refractivity contribution in [3.8, 4) is 0 Å². The molecule has 104 valence electrons. The van der Waals surface area contributed by atoms with Gasteiger partial charge in [0.2, 0.25) is 0 Å². The average molecular weight is 262 g/mol. The SMILES string of the molecule is CC(Nc1nccn(C2CC2)c1=O)C1CCCNC1. The maximum absolute atomic E-state index is 12.3. The van der Waals surface area contributed by atoms with Gasteiger partial charge >= 0.3 is 0 Å². The van der Waals surface area contributed by atoms with Gasteiger partial charge in [0.1, 0.15) is 0 Å². The van der Waals surface area contributed by atoms with Crippen molar-refractivity contribution in [3.05, 3.63) is 22.7 Å². The van der Waals surface area contributed by atoms with Crippen molar-refractivity contribution < 1.29 is 0 Å². The van der Waals surface area contributed by atoms with E-state index in [4.69, 9.17) is 0 Å². The number of aromatic nitrogens is 2. The molecule has 2 aliphatic rings. The van der Waals surface area contributed by atoms with Gasteiger partial charge in [-0.2, -0.15) is 0 Å². The van der Waals surface area contributed by atoms with E-state index in [1.54, 1.807) is 12.4 Å². The molecule has 1 saturated carbocycles. The summed E-state index contributed by atoms with van der Waals surface area (Å²) in [6, 6.07) is 0.686. The van der Waals surface area contributed by atoms with Crippen molar-refractivity contribution in [3.63, 3.8) is 0 Å². The molecule has 2 unspecified atom stereocenters. The lowest BCUT2D eigenvalue weighted by Crippen LogP contribution is -2.40. The van der Waals surface area contributed by atoms with Crippen LogP contribution in [0.1, 0.15) is 38.6 Å². The molecule has 1 aliphatic carbocycles. The lowest BCUT2D eigenvalue weighted by Gasteiger charge is -2.29. The monoisotopic (exact) mass is 262 g/mol. The van der Waals surface area contributed by atoms with Gasteiger partial charge in [-0.25, -0.2) is 4.98 Å². The molecule has 2 fully saturated rings. The van der Waals surface area contributed by atoms with Crippen LogP contribution in [0.15, 0.2) is 17.2 Å². The van der Waals surface area contributed by atoms with Crippen LogP contribution < -0.4 is 16.2 Å². The Morgan fingerprint density at radius 2 is 2.32 bits per heavy atom. The zero-order valence-corrected chi connectivity index (χ0v) is 11.4. The quantitative estimate of drug-likeness (QED) is 0.860. The largest absolute Gasteiger partial charge is 0.363 e. The van der Waals surface area contributed by atoms with Gasteiger partial charge < -0.3 is 15.2 Å². The molecule has 1 saturated heterocycles. The summed E-state index contributed by atoms with van der Waals surface area (Å²) >= 11 is 0. The topological polar surface area (TPSA) is 59.0 Å². The Labute approximate surface area is 113 Å². The third-order valence-corrected chi connectivity index (χ3v) is 4.21. The smallest absolute Gasteiger partial charge is 0.293 e. The first-order valence-corrected chi connectivity index (χ1v) is 7.30. The van der Waals surface area contributed by atoms with Crippen LogP contribution in [0.2, 0.25) is 0 Å². The molecule has 0 spiro atoms. The molecule has 1 aliphatic heterocycles. The van der Waals surface area contributed by atoms with Crippen LogP contribution in [-0.2, 0) is 0 Å². The highest BCUT2D eigenvalue weighted by molar-refractivity contribution is 5.32. The molecule has 1 aromatic rings. The van der Waals surface area contributed by atoms with E-state index < -0.39 is 0 Å². The zero-order chi connectivity index (χ0) is 13.2. The molecule has 5 heteroatoms. The Kier molecular flexibility index (Phi) is 3.55. The first-order valence-electron chi connectivity index (χ1n) is 7.30. The molecule has 0 bridgehead atoms. The lowest BCUT2D eigenvalue weighted by molar-refractivity contribution is 0.346. The third-order valence-electron chi connectivity index (χ3n) is 4.21. The van der Waals surface area contributed by atoms with Crippen molar-refractivity contribution >= 4 is 5.82 Å². The number of hydrogen-bond donors (Lipinski definition) is 2. The van der Waals surface area contributed by atoms with Gasteiger partial charge in [-0.05, 0) is 51.6 Å². The fraction of sp³-hybridized carbons (Fsp3) is 0.714. The van der Waals surface area contributed by atoms with E-state index in [0.29, 0.717) is 17.8 Å². The fourth-order valence-corrected chi connectivity index (χ4v) is 2.80. The summed E-state index contributed by atoms with van der Waals surface area (Å²) in [5.41, 5.74) is 0.0284. The number of hydrogen-bond acceptors (Lipinski definition) is 4. The number of piperidine rings is 1. The van der Waals surface area contributed by atoms with Gasteiger partial charge in [0.15, 0.2) is 5.82 Å². The Hall–Kier alpha value is -1.36. The summed E-state index contributed by atoms with van der Waals surface area (Å²) < 4.78 is 1.82. The first kappa shape index (κ1) is 12.7. The number of anilines is 1. The Balaban J connectivity index is 1.71. The Morgan fingerprint density at radius 1 is 1.47 bits per heavy atom. The number of nitrogens with one attached hydrogen (secondary N) is 2. The van der Waals surface area contributed by atoms with Crippen LogP contribution in [0, 0.1) is 5.92 Å². The van der Waals surface area contributed by atoms with Crippen LogP contribution >= 0.6 is 0 Å². The van der Waals surface area contributed by atoms with E-state index in [1.165, 1.54) is 12.8 Å². The second-order valence-electron chi connectivity index (χ2n) is 5.76. The minimum Gasteiger partial charge on any atom is -0.363 e. The Bertz CT molecular complexity index is 488. The molecule has 0 aromatic carbocycles. The molecule has 2 atom stereocenters. The van der Waals surface area contributed by atoms with Gasteiger partial charge in [0, 0.05) is 24.5 Å². The predicted molar refractivity (Wildman–Crippen MR) is 75.4 cm³/mol. The van der Waals surface area contributed by atoms with Gasteiger partial charge in [-0.15, -0.1) is 0 Å². The summed E-state index contributed by atoms with van der Waals surface area (Å²) in [7, 11) is 0. The highest BCUT2D eigenvalue weighted by Crippen LogP contribution is 2.33. The second kappa shape index (κ2) is 5.33. The van der Waals surface area contributed by atoms with Crippen molar-refractivity contribution in [2.75, 3.05) is 18.4 Å². The number of nitrogens with zero attached hydrogens (tertiary/aromatic N) is 2. The van der Waals surface area contributed by atoms with Gasteiger partial charge in [-0.3, -0.25) is 4.79 Å². The molecule has 0 radical (unpaired) electrons. The van der Waals surface area contributed by atoms with Crippen LogP contribution in [0.25, 0.3) is 0 Å². The van der Waals surface area contributed by atoms with Gasteiger partial charge in [0.25, 0.3) is 5.56 Å². The van der Waals surface area contributed by atoms with Crippen molar-refractivity contribution in [1.82, 2.24) is 14.9 Å². The van der Waals surface area contributed by atoms with E-state index >= 15 is 0 Å². The maximum Gasteiger partial charge on any atom is 0.293 e. The highest BCUT2D eigenvalue weighted by atomic mass is 16.1. The summed E-state index contributed by atoms with van der Waals surface area (Å²) in [4.78, 5) is 16.5. The summed E-state index contributed by atoms with van der Waals surface area (Å²) in [6.45, 7) is 4.28. The molecule has 2 heterocycles. The van der Waals surface area contributed by atoms with E-state index in [0.717, 1.165) is 25.9 Å². The van der Waals surface area contributed by atoms with Crippen LogP contribution in [0.4, 0.5) is 5.82 Å². The van der Waals surface area contributed by atoms with Crippen molar-refractivity contribution in [2.24, 2.45) is 5.92 Å². The number of rotatable bonds is 4. The maximum atomic E-state index is 12.3. The minimum absolute atomic E-state index is 0.0284. The third kappa shape index (κ3) is 2.81. The van der Waals surface area contributed by atoms with E-state index in [2.05, 4.69) is 22.5 Å². The molecule has 0 amide bonds. The molecular formula is C14H22N4O. The van der Waals surface area contributed by atoms with Gasteiger partial charge in [-0.1, -0.05) is 0 Å². The molecule has 19 heavy (non-hydrogen) atoms. The van der Waals surface area contributed by atoms with Crippen molar-refractivity contribution in [2.45, 2.75) is 44.7 Å². The fourth-order valence-electron chi connectivity index (χ4n) is 2.80. The summed E-state index contributed by atoms with van der Waals surface area (Å²) in [6.07, 6.45) is 8.19. The molecule has 3 rings (SSSR count). The molecule has 1 aromatic heterocycles. The van der Waals surface area contributed by atoms with Crippen molar-refractivity contribution in [1.29, 1.82) is 0 Å². The summed E-state index contributed by atoms with van der Waals surface area (Å²) in [5, 5.41) is 6.73. The van der Waals surface area contributed by atoms with E-state index in [1.807, 2.05) is 4.57 Å². The molecule has 5 nitrogen and oxygen atoms in total. The highest BCUT2D eigenvalue weighted by Gasteiger charge is 2.26. The van der Waals surface area contributed by atoms with E-state index in [9.17, 15) is 4.79 Å². The standard InChI is InChI=1S/C14H22N4O/c1-10(11-3-2-6-15-9-11)17-13-14(19)18(8-7-16-13)12-4-5-12/h7-8,10-12,15H,2-6,9H2,1H3,(H,16,17). The lowest BCUT2D eigenvalue weighted by atomic mass is 9.93. The minimum atomic E-state index is 0.0284.